The van der Waals surface area contributed by atoms with Gasteiger partial charge in [-0.15, -0.1) is 0 Å². The summed E-state index contributed by atoms with van der Waals surface area (Å²) in [6.07, 6.45) is 0. The fourth-order valence-electron chi connectivity index (χ4n) is 2.69. The molecule has 20 heavy (non-hydrogen) atoms. The quantitative estimate of drug-likeness (QED) is 0.857. The minimum Gasteiger partial charge on any atom is -0.389 e. The van der Waals surface area contributed by atoms with Crippen molar-refractivity contribution in [1.82, 2.24) is 0 Å². The summed E-state index contributed by atoms with van der Waals surface area (Å²) in [5.74, 6) is -0.214. The zero-order chi connectivity index (χ0) is 15.7. The number of aliphatic hydroxyl groups is 2. The zero-order valence-electron chi connectivity index (χ0n) is 13.9. The lowest BCUT2D eigenvalue weighted by molar-refractivity contribution is -0.113. The van der Waals surface area contributed by atoms with E-state index in [2.05, 4.69) is 0 Å². The van der Waals surface area contributed by atoms with Crippen LogP contribution in [0.3, 0.4) is 0 Å². The second kappa shape index (κ2) is 5.87. The predicted octanol–water partition coefficient (Wildman–Crippen LogP) is 3.89. The van der Waals surface area contributed by atoms with Gasteiger partial charge in [0.05, 0.1) is 11.2 Å². The Kier molecular flexibility index (Phi) is 5.04. The fraction of sp³-hybridized carbons (Fsp3) is 0.667. The number of aryl methyl sites for hydroxylation is 1. The highest BCUT2D eigenvalue weighted by Crippen LogP contribution is 2.44. The molecule has 2 atom stereocenters. The van der Waals surface area contributed by atoms with Crippen molar-refractivity contribution in [2.24, 2.45) is 11.8 Å². The van der Waals surface area contributed by atoms with E-state index in [1.54, 1.807) is 0 Å². The van der Waals surface area contributed by atoms with E-state index in [0.29, 0.717) is 0 Å². The lowest BCUT2D eigenvalue weighted by Gasteiger charge is -2.46. The summed E-state index contributed by atoms with van der Waals surface area (Å²) in [5, 5.41) is 22.0. The molecule has 0 radical (unpaired) electrons. The third-order valence-electron chi connectivity index (χ3n) is 4.92. The summed E-state index contributed by atoms with van der Waals surface area (Å²) in [6, 6.07) is 8.12. The van der Waals surface area contributed by atoms with Crippen molar-refractivity contribution in [3.05, 3.63) is 35.4 Å². The first-order valence-corrected chi connectivity index (χ1v) is 7.52. The fourth-order valence-corrected chi connectivity index (χ4v) is 2.69. The molecule has 0 saturated heterocycles. The highest BCUT2D eigenvalue weighted by Gasteiger charge is 2.48. The van der Waals surface area contributed by atoms with Crippen LogP contribution in [0.15, 0.2) is 24.3 Å². The number of rotatable bonds is 5. The van der Waals surface area contributed by atoms with Gasteiger partial charge in [-0.3, -0.25) is 0 Å². The van der Waals surface area contributed by atoms with Gasteiger partial charge in [-0.2, -0.15) is 0 Å². The van der Waals surface area contributed by atoms with Gasteiger partial charge in [-0.1, -0.05) is 57.5 Å². The average molecular weight is 278 g/mol. The molecule has 0 aliphatic carbocycles. The summed E-state index contributed by atoms with van der Waals surface area (Å²) in [7, 11) is 0. The van der Waals surface area contributed by atoms with E-state index in [9.17, 15) is 10.2 Å². The average Bonchev–Trinajstić information content (AvgIpc) is 2.31. The molecule has 0 saturated carbocycles. The van der Waals surface area contributed by atoms with Crippen LogP contribution in [0.4, 0.5) is 0 Å². The standard InChI is InChI=1S/C18H30O2/c1-12(2)17(6,19)16(18(7,20)13(3)4)15-10-8-14(5)9-11-15/h8-13,16,19-20H,1-7H3. The molecule has 0 aromatic heterocycles. The highest BCUT2D eigenvalue weighted by atomic mass is 16.3. The van der Waals surface area contributed by atoms with Gasteiger partial charge in [0, 0.05) is 5.92 Å². The zero-order valence-corrected chi connectivity index (χ0v) is 13.9. The van der Waals surface area contributed by atoms with Gasteiger partial charge in [-0.25, -0.2) is 0 Å². The summed E-state index contributed by atoms with van der Waals surface area (Å²) >= 11 is 0. The van der Waals surface area contributed by atoms with Gasteiger partial charge in [0.25, 0.3) is 0 Å². The van der Waals surface area contributed by atoms with Crippen LogP contribution in [0.5, 0.6) is 0 Å². The van der Waals surface area contributed by atoms with E-state index >= 15 is 0 Å². The van der Waals surface area contributed by atoms with Crippen LogP contribution in [-0.2, 0) is 0 Å². The first-order chi connectivity index (χ1) is 9.01. The smallest absolute Gasteiger partial charge is 0.0738 e. The summed E-state index contributed by atoms with van der Waals surface area (Å²) in [4.78, 5) is 0. The number of benzene rings is 1. The van der Waals surface area contributed by atoms with Crippen molar-refractivity contribution in [3.8, 4) is 0 Å². The van der Waals surface area contributed by atoms with Crippen LogP contribution < -0.4 is 0 Å². The second-order valence-corrected chi connectivity index (χ2v) is 7.10. The third kappa shape index (κ3) is 3.24. The number of hydrogen-bond acceptors (Lipinski definition) is 2. The molecule has 2 N–H and O–H groups in total. The van der Waals surface area contributed by atoms with Crippen LogP contribution in [0.1, 0.15) is 58.6 Å². The van der Waals surface area contributed by atoms with E-state index in [1.807, 2.05) is 72.7 Å². The summed E-state index contributed by atoms with van der Waals surface area (Å²) < 4.78 is 0. The molecule has 0 bridgehead atoms. The van der Waals surface area contributed by atoms with Gasteiger partial charge in [0.1, 0.15) is 0 Å². The number of hydrogen-bond donors (Lipinski definition) is 2. The first-order valence-electron chi connectivity index (χ1n) is 7.52. The van der Waals surface area contributed by atoms with Crippen molar-refractivity contribution in [2.75, 3.05) is 0 Å². The van der Waals surface area contributed by atoms with E-state index < -0.39 is 11.2 Å². The Bertz CT molecular complexity index is 407. The molecule has 1 rings (SSSR count). The van der Waals surface area contributed by atoms with Crippen molar-refractivity contribution in [2.45, 2.75) is 65.6 Å². The third-order valence-corrected chi connectivity index (χ3v) is 4.92. The van der Waals surface area contributed by atoms with E-state index in [4.69, 9.17) is 0 Å². The van der Waals surface area contributed by atoms with Gasteiger partial charge < -0.3 is 10.2 Å². The minimum absolute atomic E-state index is 0.0547. The normalized spacial score (nSPS) is 19.8. The SMILES string of the molecule is Cc1ccc(C(C(C)(O)C(C)C)C(C)(O)C(C)C)cc1. The molecule has 114 valence electrons. The maximum absolute atomic E-state index is 11.0. The molecule has 0 fully saturated rings. The maximum atomic E-state index is 11.0. The van der Waals surface area contributed by atoms with Crippen molar-refractivity contribution >= 4 is 0 Å². The molecule has 0 aliphatic rings. The Morgan fingerprint density at radius 1 is 0.800 bits per heavy atom. The molecular formula is C18H30O2. The largest absolute Gasteiger partial charge is 0.389 e. The molecule has 0 heterocycles. The monoisotopic (exact) mass is 278 g/mol. The molecule has 0 spiro atoms. The van der Waals surface area contributed by atoms with Gasteiger partial charge in [0.2, 0.25) is 0 Å². The van der Waals surface area contributed by atoms with Crippen LogP contribution >= 0.6 is 0 Å². The van der Waals surface area contributed by atoms with Gasteiger partial charge in [0.15, 0.2) is 0 Å². The summed E-state index contributed by atoms with van der Waals surface area (Å²) in [5.41, 5.74) is 0.236. The molecule has 2 nitrogen and oxygen atoms in total. The second-order valence-electron chi connectivity index (χ2n) is 7.10. The molecular weight excluding hydrogens is 248 g/mol. The molecule has 0 aliphatic heterocycles. The van der Waals surface area contributed by atoms with Gasteiger partial charge >= 0.3 is 0 Å². The molecule has 1 aromatic carbocycles. The van der Waals surface area contributed by atoms with E-state index in [1.165, 1.54) is 5.56 Å². The highest BCUT2D eigenvalue weighted by molar-refractivity contribution is 5.30. The van der Waals surface area contributed by atoms with E-state index in [-0.39, 0.29) is 17.8 Å². The first kappa shape index (κ1) is 17.2. The summed E-state index contributed by atoms with van der Waals surface area (Å²) in [6.45, 7) is 13.7. The predicted molar refractivity (Wildman–Crippen MR) is 84.8 cm³/mol. The maximum Gasteiger partial charge on any atom is 0.0738 e. The molecule has 0 amide bonds. The lowest BCUT2D eigenvalue weighted by Crippen LogP contribution is -2.52. The van der Waals surface area contributed by atoms with Crippen molar-refractivity contribution in [3.63, 3.8) is 0 Å². The Balaban J connectivity index is 3.39. The minimum atomic E-state index is -0.969. The van der Waals surface area contributed by atoms with Gasteiger partial charge in [-0.05, 0) is 38.2 Å². The Labute approximate surface area is 123 Å². The Morgan fingerprint density at radius 2 is 1.15 bits per heavy atom. The molecule has 1 aromatic rings. The van der Waals surface area contributed by atoms with Crippen LogP contribution in [0, 0.1) is 18.8 Å². The van der Waals surface area contributed by atoms with Crippen molar-refractivity contribution < 1.29 is 10.2 Å². The lowest BCUT2D eigenvalue weighted by atomic mass is 9.65. The molecule has 2 heteroatoms. The Morgan fingerprint density at radius 3 is 1.45 bits per heavy atom. The topological polar surface area (TPSA) is 40.5 Å². The molecule has 2 unspecified atom stereocenters. The van der Waals surface area contributed by atoms with E-state index in [0.717, 1.165) is 5.56 Å². The Hall–Kier alpha value is -0.860. The van der Waals surface area contributed by atoms with Crippen LogP contribution in [-0.4, -0.2) is 21.4 Å². The van der Waals surface area contributed by atoms with Crippen molar-refractivity contribution in [1.29, 1.82) is 0 Å². The van der Waals surface area contributed by atoms with Crippen LogP contribution in [0.2, 0.25) is 0 Å². The van der Waals surface area contributed by atoms with Crippen LogP contribution in [0.25, 0.3) is 0 Å².